The highest BCUT2D eigenvalue weighted by Gasteiger charge is 2.28. The quantitative estimate of drug-likeness (QED) is 0.632. The zero-order valence-electron chi connectivity index (χ0n) is 7.07. The molecule has 0 saturated carbocycles. The van der Waals surface area contributed by atoms with Gasteiger partial charge in [-0.2, -0.15) is 0 Å². The van der Waals surface area contributed by atoms with Gasteiger partial charge in [0, 0.05) is 5.56 Å². The minimum atomic E-state index is -1.06. The predicted octanol–water partition coefficient (Wildman–Crippen LogP) is 1.17. The maximum atomic E-state index is 13.2. The number of hydrogen-bond donors (Lipinski definition) is 2. The summed E-state index contributed by atoms with van der Waals surface area (Å²) in [5.41, 5.74) is 1.07. The van der Waals surface area contributed by atoms with Gasteiger partial charge in [0.05, 0.1) is 6.10 Å². The van der Waals surface area contributed by atoms with Crippen molar-refractivity contribution in [1.82, 2.24) is 0 Å². The first-order valence-corrected chi connectivity index (χ1v) is 4.33. The van der Waals surface area contributed by atoms with Crippen molar-refractivity contribution in [2.45, 2.75) is 25.0 Å². The Labute approximate surface area is 75.6 Å². The fraction of sp³-hybridized carbons (Fsp3) is 0.400. The Morgan fingerprint density at radius 2 is 2.08 bits per heavy atom. The van der Waals surface area contributed by atoms with Crippen LogP contribution in [-0.4, -0.2) is 16.3 Å². The van der Waals surface area contributed by atoms with Crippen LogP contribution in [0.15, 0.2) is 18.2 Å². The molecule has 0 unspecified atom stereocenters. The molecule has 3 heteroatoms. The van der Waals surface area contributed by atoms with Crippen molar-refractivity contribution in [3.8, 4) is 0 Å². The summed E-state index contributed by atoms with van der Waals surface area (Å²) >= 11 is 0. The van der Waals surface area contributed by atoms with E-state index in [1.807, 2.05) is 0 Å². The van der Waals surface area contributed by atoms with Gasteiger partial charge in [-0.3, -0.25) is 0 Å². The second-order valence-electron chi connectivity index (χ2n) is 3.36. The van der Waals surface area contributed by atoms with Crippen LogP contribution in [0, 0.1) is 5.82 Å². The Kier molecular flexibility index (Phi) is 2.06. The van der Waals surface area contributed by atoms with E-state index < -0.39 is 18.0 Å². The molecule has 0 radical (unpaired) electrons. The summed E-state index contributed by atoms with van der Waals surface area (Å²) in [6.45, 7) is 0. The van der Waals surface area contributed by atoms with Crippen LogP contribution in [0.3, 0.4) is 0 Å². The standard InChI is InChI=1S/C10H11FO2/c11-7-3-1-2-6-4-5-8(12)10(13)9(6)7/h1-3,8,10,12-13H,4-5H2/t8-,10-/m0/s1. The van der Waals surface area contributed by atoms with Crippen molar-refractivity contribution < 1.29 is 14.6 Å². The highest BCUT2D eigenvalue weighted by atomic mass is 19.1. The van der Waals surface area contributed by atoms with Crippen molar-refractivity contribution in [3.63, 3.8) is 0 Å². The molecule has 0 aliphatic heterocycles. The lowest BCUT2D eigenvalue weighted by Crippen LogP contribution is -2.25. The third-order valence-electron chi connectivity index (χ3n) is 2.51. The number of fused-ring (bicyclic) bond motifs is 1. The van der Waals surface area contributed by atoms with E-state index in [9.17, 15) is 14.6 Å². The molecule has 0 heterocycles. The van der Waals surface area contributed by atoms with Crippen LogP contribution in [0.2, 0.25) is 0 Å². The molecular formula is C10H11FO2. The third kappa shape index (κ3) is 1.34. The zero-order chi connectivity index (χ0) is 9.42. The van der Waals surface area contributed by atoms with E-state index in [2.05, 4.69) is 0 Å². The fourth-order valence-electron chi connectivity index (χ4n) is 1.78. The van der Waals surface area contributed by atoms with E-state index in [0.29, 0.717) is 12.8 Å². The smallest absolute Gasteiger partial charge is 0.129 e. The molecule has 0 amide bonds. The van der Waals surface area contributed by atoms with E-state index in [1.165, 1.54) is 6.07 Å². The zero-order valence-corrected chi connectivity index (χ0v) is 7.07. The molecule has 70 valence electrons. The van der Waals surface area contributed by atoms with Crippen molar-refractivity contribution in [1.29, 1.82) is 0 Å². The molecule has 13 heavy (non-hydrogen) atoms. The van der Waals surface area contributed by atoms with E-state index >= 15 is 0 Å². The van der Waals surface area contributed by atoms with Crippen LogP contribution < -0.4 is 0 Å². The molecule has 1 aliphatic carbocycles. The maximum absolute atomic E-state index is 13.2. The fourth-order valence-corrected chi connectivity index (χ4v) is 1.78. The molecule has 0 saturated heterocycles. The normalized spacial score (nSPS) is 27.0. The number of aliphatic hydroxyl groups excluding tert-OH is 2. The second-order valence-corrected chi connectivity index (χ2v) is 3.36. The summed E-state index contributed by atoms with van der Waals surface area (Å²) in [4.78, 5) is 0. The number of rotatable bonds is 0. The van der Waals surface area contributed by atoms with Crippen LogP contribution >= 0.6 is 0 Å². The van der Waals surface area contributed by atoms with Gasteiger partial charge in [0.15, 0.2) is 0 Å². The Morgan fingerprint density at radius 3 is 2.85 bits per heavy atom. The molecule has 2 nitrogen and oxygen atoms in total. The first-order chi connectivity index (χ1) is 6.20. The minimum Gasteiger partial charge on any atom is -0.390 e. The lowest BCUT2D eigenvalue weighted by atomic mass is 9.87. The number of aryl methyl sites for hydroxylation is 1. The lowest BCUT2D eigenvalue weighted by molar-refractivity contribution is 0.00423. The molecule has 2 atom stereocenters. The number of hydrogen-bond acceptors (Lipinski definition) is 2. The average Bonchev–Trinajstić information content (AvgIpc) is 2.12. The van der Waals surface area contributed by atoms with Gasteiger partial charge in [-0.25, -0.2) is 4.39 Å². The molecule has 1 aliphatic rings. The largest absolute Gasteiger partial charge is 0.390 e. The molecule has 1 aromatic rings. The van der Waals surface area contributed by atoms with Crippen LogP contribution in [0.4, 0.5) is 4.39 Å². The Hall–Kier alpha value is -0.930. The first-order valence-electron chi connectivity index (χ1n) is 4.33. The molecule has 0 spiro atoms. The summed E-state index contributed by atoms with van der Waals surface area (Å²) in [6.07, 6.45) is -0.766. The second kappa shape index (κ2) is 3.09. The van der Waals surface area contributed by atoms with E-state index in [4.69, 9.17) is 0 Å². The summed E-state index contributed by atoms with van der Waals surface area (Å²) in [6, 6.07) is 4.71. The van der Waals surface area contributed by atoms with Gasteiger partial charge in [0.1, 0.15) is 11.9 Å². The maximum Gasteiger partial charge on any atom is 0.129 e. The van der Waals surface area contributed by atoms with Gasteiger partial charge in [-0.1, -0.05) is 12.1 Å². The van der Waals surface area contributed by atoms with Crippen LogP contribution in [-0.2, 0) is 6.42 Å². The van der Waals surface area contributed by atoms with Gasteiger partial charge in [0.2, 0.25) is 0 Å². The lowest BCUT2D eigenvalue weighted by Gasteiger charge is -2.26. The van der Waals surface area contributed by atoms with Crippen molar-refractivity contribution in [3.05, 3.63) is 35.1 Å². The number of aliphatic hydroxyl groups is 2. The summed E-state index contributed by atoms with van der Waals surface area (Å²) in [5, 5.41) is 18.9. The summed E-state index contributed by atoms with van der Waals surface area (Å²) < 4.78 is 13.2. The van der Waals surface area contributed by atoms with E-state index in [-0.39, 0.29) is 5.56 Å². The summed E-state index contributed by atoms with van der Waals surface area (Å²) in [7, 11) is 0. The topological polar surface area (TPSA) is 40.5 Å². The summed E-state index contributed by atoms with van der Waals surface area (Å²) in [5.74, 6) is -0.427. The Bertz CT molecular complexity index is 325. The SMILES string of the molecule is O[C@@H]1c2c(F)cccc2CC[C@@H]1O. The van der Waals surface area contributed by atoms with Gasteiger partial charge < -0.3 is 10.2 Å². The van der Waals surface area contributed by atoms with Gasteiger partial charge in [-0.15, -0.1) is 0 Å². The van der Waals surface area contributed by atoms with E-state index in [0.717, 1.165) is 5.56 Å². The van der Waals surface area contributed by atoms with Gasteiger partial charge in [0.25, 0.3) is 0 Å². The molecule has 0 fully saturated rings. The monoisotopic (exact) mass is 182 g/mol. The Balaban J connectivity index is 2.51. The van der Waals surface area contributed by atoms with Gasteiger partial charge in [-0.05, 0) is 24.5 Å². The Morgan fingerprint density at radius 1 is 1.31 bits per heavy atom. The van der Waals surface area contributed by atoms with Crippen LogP contribution in [0.5, 0.6) is 0 Å². The average molecular weight is 182 g/mol. The third-order valence-corrected chi connectivity index (χ3v) is 2.51. The highest BCUT2D eigenvalue weighted by molar-refractivity contribution is 5.33. The first kappa shape index (κ1) is 8.66. The molecule has 1 aromatic carbocycles. The molecule has 0 bridgehead atoms. The van der Waals surface area contributed by atoms with Crippen molar-refractivity contribution >= 4 is 0 Å². The number of halogens is 1. The minimum absolute atomic E-state index is 0.265. The molecule has 2 N–H and O–H groups in total. The van der Waals surface area contributed by atoms with Crippen LogP contribution in [0.25, 0.3) is 0 Å². The highest BCUT2D eigenvalue weighted by Crippen LogP contribution is 2.31. The van der Waals surface area contributed by atoms with Crippen molar-refractivity contribution in [2.24, 2.45) is 0 Å². The van der Waals surface area contributed by atoms with Crippen LogP contribution in [0.1, 0.15) is 23.7 Å². The van der Waals surface area contributed by atoms with Crippen molar-refractivity contribution in [2.75, 3.05) is 0 Å². The predicted molar refractivity (Wildman–Crippen MR) is 45.7 cm³/mol. The molecular weight excluding hydrogens is 171 g/mol. The number of benzene rings is 1. The molecule has 2 rings (SSSR count). The van der Waals surface area contributed by atoms with Gasteiger partial charge >= 0.3 is 0 Å². The van der Waals surface area contributed by atoms with E-state index in [1.54, 1.807) is 12.1 Å². The molecule has 0 aromatic heterocycles.